The molecule has 0 aromatic heterocycles. The third-order valence-corrected chi connectivity index (χ3v) is 4.10. The fraction of sp³-hybridized carbons (Fsp3) is 0.316. The van der Waals surface area contributed by atoms with E-state index in [2.05, 4.69) is 5.32 Å². The van der Waals surface area contributed by atoms with Crippen LogP contribution in [-0.2, 0) is 11.2 Å². The first-order valence-electron chi connectivity index (χ1n) is 8.35. The lowest BCUT2D eigenvalue weighted by atomic mass is 10.1. The van der Waals surface area contributed by atoms with Gasteiger partial charge in [-0.15, -0.1) is 0 Å². The molecule has 0 fully saturated rings. The highest BCUT2D eigenvalue weighted by molar-refractivity contribution is 6.32. The molecule has 0 unspecified atom stereocenters. The van der Waals surface area contributed by atoms with Crippen LogP contribution >= 0.6 is 11.6 Å². The van der Waals surface area contributed by atoms with Crippen LogP contribution in [0.25, 0.3) is 0 Å². The molecule has 0 atom stereocenters. The molecular weight excluding hydrogens is 361 g/mol. The molecule has 2 aromatic carbocycles. The molecule has 0 saturated carbocycles. The van der Waals surface area contributed by atoms with Gasteiger partial charge in [0, 0.05) is 6.54 Å². The molecule has 0 bridgehead atoms. The smallest absolute Gasteiger partial charge is 0.223 e. The Kier molecular flexibility index (Phi) is 6.17. The molecule has 0 aliphatic carbocycles. The Morgan fingerprint density at radius 1 is 1.23 bits per heavy atom. The van der Waals surface area contributed by atoms with E-state index in [0.29, 0.717) is 42.7 Å². The van der Waals surface area contributed by atoms with Crippen LogP contribution in [0.3, 0.4) is 0 Å². The monoisotopic (exact) mass is 379 g/mol. The van der Waals surface area contributed by atoms with Crippen molar-refractivity contribution in [2.24, 2.45) is 0 Å². The van der Waals surface area contributed by atoms with Crippen LogP contribution in [-0.4, -0.2) is 32.3 Å². The number of benzene rings is 2. The van der Waals surface area contributed by atoms with E-state index >= 15 is 0 Å². The van der Waals surface area contributed by atoms with Gasteiger partial charge in [0.1, 0.15) is 13.2 Å². The highest BCUT2D eigenvalue weighted by Crippen LogP contribution is 2.38. The highest BCUT2D eigenvalue weighted by atomic mass is 35.5. The summed E-state index contributed by atoms with van der Waals surface area (Å²) >= 11 is 6.19. The average Bonchev–Trinajstić information content (AvgIpc) is 2.63. The second kappa shape index (κ2) is 8.76. The van der Waals surface area contributed by atoms with Crippen LogP contribution in [0.15, 0.2) is 36.4 Å². The van der Waals surface area contributed by atoms with Crippen molar-refractivity contribution in [2.75, 3.05) is 26.4 Å². The number of fused-ring (bicyclic) bond motifs is 1. The van der Waals surface area contributed by atoms with E-state index < -0.39 is 5.82 Å². The van der Waals surface area contributed by atoms with Crippen molar-refractivity contribution in [1.29, 1.82) is 0 Å². The maximum absolute atomic E-state index is 13.4. The van der Waals surface area contributed by atoms with Gasteiger partial charge in [0.05, 0.1) is 18.1 Å². The van der Waals surface area contributed by atoms with Crippen LogP contribution in [0, 0.1) is 5.82 Å². The van der Waals surface area contributed by atoms with Gasteiger partial charge in [-0.3, -0.25) is 4.79 Å². The van der Waals surface area contributed by atoms with E-state index in [1.54, 1.807) is 12.1 Å². The number of carbonyl (C=O) groups is 1. The van der Waals surface area contributed by atoms with E-state index in [0.717, 1.165) is 5.56 Å². The van der Waals surface area contributed by atoms with Crippen LogP contribution in [0.1, 0.15) is 12.0 Å². The molecule has 1 aliphatic rings. The number of amides is 1. The van der Waals surface area contributed by atoms with E-state index in [1.807, 2.05) is 12.1 Å². The van der Waals surface area contributed by atoms with Gasteiger partial charge < -0.3 is 19.5 Å². The lowest BCUT2D eigenvalue weighted by molar-refractivity contribution is -0.121. The van der Waals surface area contributed by atoms with Crippen LogP contribution in [0.4, 0.5) is 4.39 Å². The predicted octanol–water partition coefficient (Wildman–Crippen LogP) is 3.38. The molecule has 2 aromatic rings. The zero-order chi connectivity index (χ0) is 18.4. The summed E-state index contributed by atoms with van der Waals surface area (Å²) in [6.45, 7) is 1.54. The Morgan fingerprint density at radius 2 is 2.04 bits per heavy atom. The Morgan fingerprint density at radius 3 is 2.88 bits per heavy atom. The molecule has 3 rings (SSSR count). The molecule has 7 heteroatoms. The molecular formula is C19H19ClFNO4. The molecule has 1 N–H and O–H groups in total. The van der Waals surface area contributed by atoms with Crippen LogP contribution < -0.4 is 19.5 Å². The molecule has 5 nitrogen and oxygen atoms in total. The summed E-state index contributed by atoms with van der Waals surface area (Å²) < 4.78 is 29.7. The summed E-state index contributed by atoms with van der Waals surface area (Å²) in [6.07, 6.45) is 0.756. The number of halogens is 2. The van der Waals surface area contributed by atoms with Crippen molar-refractivity contribution in [2.45, 2.75) is 12.8 Å². The van der Waals surface area contributed by atoms with Crippen molar-refractivity contribution in [1.82, 2.24) is 5.32 Å². The molecule has 1 heterocycles. The first kappa shape index (κ1) is 18.3. The molecule has 0 spiro atoms. The van der Waals surface area contributed by atoms with Gasteiger partial charge in [-0.05, 0) is 36.2 Å². The average molecular weight is 380 g/mol. The van der Waals surface area contributed by atoms with Gasteiger partial charge in [0.25, 0.3) is 0 Å². The van der Waals surface area contributed by atoms with Crippen molar-refractivity contribution in [3.8, 4) is 17.2 Å². The van der Waals surface area contributed by atoms with Gasteiger partial charge in [-0.2, -0.15) is 0 Å². The summed E-state index contributed by atoms with van der Waals surface area (Å²) in [5, 5.41) is 3.31. The topological polar surface area (TPSA) is 56.8 Å². The first-order valence-corrected chi connectivity index (χ1v) is 8.73. The Hall–Kier alpha value is -2.47. The fourth-order valence-corrected chi connectivity index (χ4v) is 2.85. The first-order chi connectivity index (χ1) is 12.6. The highest BCUT2D eigenvalue weighted by Gasteiger charge is 2.16. The SMILES string of the molecule is O=C(CCOc1ccccc1F)NCCc1cc(Cl)c2c(c1)OCCO2. The number of hydrogen-bond acceptors (Lipinski definition) is 4. The molecule has 1 aliphatic heterocycles. The fourth-order valence-electron chi connectivity index (χ4n) is 2.56. The largest absolute Gasteiger partial charge is 0.490 e. The Bertz CT molecular complexity index is 784. The summed E-state index contributed by atoms with van der Waals surface area (Å²) in [5.74, 6) is 0.735. The minimum atomic E-state index is -0.441. The summed E-state index contributed by atoms with van der Waals surface area (Å²) in [5.41, 5.74) is 0.946. The molecule has 0 saturated heterocycles. The third kappa shape index (κ3) is 4.79. The van der Waals surface area contributed by atoms with Crippen molar-refractivity contribution in [3.05, 3.63) is 52.8 Å². The van der Waals surface area contributed by atoms with Gasteiger partial charge in [0.15, 0.2) is 23.1 Å². The van der Waals surface area contributed by atoms with E-state index in [4.69, 9.17) is 25.8 Å². The maximum Gasteiger partial charge on any atom is 0.223 e. The van der Waals surface area contributed by atoms with Gasteiger partial charge in [-0.25, -0.2) is 4.39 Å². The quantitative estimate of drug-likeness (QED) is 0.801. The van der Waals surface area contributed by atoms with E-state index in [9.17, 15) is 9.18 Å². The van der Waals surface area contributed by atoms with Gasteiger partial charge in [0.2, 0.25) is 5.91 Å². The van der Waals surface area contributed by atoms with Gasteiger partial charge >= 0.3 is 0 Å². The number of carbonyl (C=O) groups excluding carboxylic acids is 1. The lowest BCUT2D eigenvalue weighted by Crippen LogP contribution is -2.27. The Balaban J connectivity index is 1.41. The number of nitrogens with one attached hydrogen (secondary N) is 1. The van der Waals surface area contributed by atoms with Crippen molar-refractivity contribution >= 4 is 17.5 Å². The van der Waals surface area contributed by atoms with Crippen molar-refractivity contribution < 1.29 is 23.4 Å². The minimum absolute atomic E-state index is 0.114. The summed E-state index contributed by atoms with van der Waals surface area (Å²) in [7, 11) is 0. The third-order valence-electron chi connectivity index (χ3n) is 3.82. The second-order valence-electron chi connectivity index (χ2n) is 5.73. The number of para-hydroxylation sites is 1. The van der Waals surface area contributed by atoms with Gasteiger partial charge in [-0.1, -0.05) is 23.7 Å². The molecule has 1 amide bonds. The number of rotatable bonds is 7. The zero-order valence-corrected chi connectivity index (χ0v) is 14.9. The Labute approximate surface area is 156 Å². The maximum atomic E-state index is 13.4. The number of ether oxygens (including phenoxy) is 3. The summed E-state index contributed by atoms with van der Waals surface area (Å²) in [6, 6.07) is 9.78. The zero-order valence-electron chi connectivity index (χ0n) is 14.1. The minimum Gasteiger partial charge on any atom is -0.490 e. The molecule has 0 radical (unpaired) electrons. The normalized spacial score (nSPS) is 12.5. The standard InChI is InChI=1S/C19H19ClFNO4/c20-14-11-13(12-17-19(14)26-10-9-25-17)5-7-22-18(23)6-8-24-16-4-2-1-3-15(16)21/h1-4,11-12H,5-10H2,(H,22,23). The molecule has 26 heavy (non-hydrogen) atoms. The van der Waals surface area contributed by atoms with E-state index in [1.165, 1.54) is 12.1 Å². The predicted molar refractivity (Wildman–Crippen MR) is 95.7 cm³/mol. The molecule has 138 valence electrons. The van der Waals surface area contributed by atoms with Crippen LogP contribution in [0.2, 0.25) is 5.02 Å². The summed E-state index contributed by atoms with van der Waals surface area (Å²) in [4.78, 5) is 11.9. The van der Waals surface area contributed by atoms with Crippen LogP contribution in [0.5, 0.6) is 17.2 Å². The van der Waals surface area contributed by atoms with E-state index in [-0.39, 0.29) is 24.7 Å². The number of hydrogen-bond donors (Lipinski definition) is 1. The van der Waals surface area contributed by atoms with Crippen molar-refractivity contribution in [3.63, 3.8) is 0 Å². The lowest BCUT2D eigenvalue weighted by Gasteiger charge is -2.20. The second-order valence-corrected chi connectivity index (χ2v) is 6.14.